The number of nitrogens with one attached hydrogen (secondary N) is 4. The lowest BCUT2D eigenvalue weighted by Crippen LogP contribution is -2.53. The van der Waals surface area contributed by atoms with E-state index in [9.17, 15) is 19.2 Å². The summed E-state index contributed by atoms with van der Waals surface area (Å²) >= 11 is 0. The zero-order valence-electron chi connectivity index (χ0n) is 22.0. The van der Waals surface area contributed by atoms with Gasteiger partial charge in [0, 0.05) is 19.6 Å². The molecular formula is C27H41N5O5. The third kappa shape index (κ3) is 9.35. The van der Waals surface area contributed by atoms with Crippen LogP contribution in [0.25, 0.3) is 0 Å². The molecule has 4 N–H and O–H groups in total. The van der Waals surface area contributed by atoms with Gasteiger partial charge in [0.2, 0.25) is 17.7 Å². The molecule has 0 bridgehead atoms. The molecule has 0 unspecified atom stereocenters. The van der Waals surface area contributed by atoms with Gasteiger partial charge in [-0.05, 0) is 56.8 Å². The number of ether oxygens (including phenoxy) is 1. The van der Waals surface area contributed by atoms with Crippen LogP contribution in [-0.4, -0.2) is 79.9 Å². The second-order valence-corrected chi connectivity index (χ2v) is 10.2. The van der Waals surface area contributed by atoms with Gasteiger partial charge in [-0.2, -0.15) is 0 Å². The van der Waals surface area contributed by atoms with E-state index in [1.54, 1.807) is 24.3 Å². The molecule has 37 heavy (non-hydrogen) atoms. The van der Waals surface area contributed by atoms with E-state index in [1.165, 1.54) is 6.42 Å². The molecule has 4 amide bonds. The zero-order valence-corrected chi connectivity index (χ0v) is 22.0. The lowest BCUT2D eigenvalue weighted by atomic mass is 10.0. The SMILES string of the molecule is CC(C)C[C@H]1NC(=O)C[C@@H](C(=O)NCCN2CCCCC2)NC(=O)c2ccccc2OCCCNC1=O. The molecule has 204 valence electrons. The molecule has 0 aromatic heterocycles. The third-order valence-corrected chi connectivity index (χ3v) is 6.56. The lowest BCUT2D eigenvalue weighted by Gasteiger charge is -2.27. The van der Waals surface area contributed by atoms with Gasteiger partial charge in [-0.1, -0.05) is 32.4 Å². The Labute approximate surface area is 219 Å². The van der Waals surface area contributed by atoms with E-state index in [4.69, 9.17) is 4.74 Å². The van der Waals surface area contributed by atoms with E-state index in [0.717, 1.165) is 25.9 Å². The number of amides is 4. The molecule has 1 saturated heterocycles. The van der Waals surface area contributed by atoms with Crippen LogP contribution in [0.1, 0.15) is 62.7 Å². The van der Waals surface area contributed by atoms with Gasteiger partial charge in [0.1, 0.15) is 17.8 Å². The fourth-order valence-electron chi connectivity index (χ4n) is 4.60. The van der Waals surface area contributed by atoms with E-state index in [-0.39, 0.29) is 23.8 Å². The minimum atomic E-state index is -1.10. The van der Waals surface area contributed by atoms with Crippen molar-refractivity contribution >= 4 is 23.6 Å². The first-order valence-electron chi connectivity index (χ1n) is 13.4. The first-order valence-corrected chi connectivity index (χ1v) is 13.4. The number of likely N-dealkylation sites (tertiary alicyclic amines) is 1. The maximum atomic E-state index is 13.2. The van der Waals surface area contributed by atoms with Crippen molar-refractivity contribution in [2.45, 2.75) is 64.5 Å². The van der Waals surface area contributed by atoms with Crippen molar-refractivity contribution in [3.05, 3.63) is 29.8 Å². The van der Waals surface area contributed by atoms with Crippen molar-refractivity contribution in [2.24, 2.45) is 5.92 Å². The van der Waals surface area contributed by atoms with Crippen LogP contribution in [0.15, 0.2) is 24.3 Å². The number of benzene rings is 1. The fourth-order valence-corrected chi connectivity index (χ4v) is 4.60. The highest BCUT2D eigenvalue weighted by molar-refractivity contribution is 6.01. The number of para-hydroxylation sites is 1. The first-order chi connectivity index (χ1) is 17.8. The highest BCUT2D eigenvalue weighted by Crippen LogP contribution is 2.19. The molecule has 10 heteroatoms. The number of carbonyl (C=O) groups is 4. The van der Waals surface area contributed by atoms with Crippen molar-refractivity contribution in [1.82, 2.24) is 26.2 Å². The Balaban J connectivity index is 1.75. The van der Waals surface area contributed by atoms with Crippen LogP contribution in [0, 0.1) is 5.92 Å². The summed E-state index contributed by atoms with van der Waals surface area (Å²) in [5, 5.41) is 11.2. The van der Waals surface area contributed by atoms with Crippen molar-refractivity contribution < 1.29 is 23.9 Å². The number of fused-ring (bicyclic) bond motifs is 1. The van der Waals surface area contributed by atoms with Crippen molar-refractivity contribution in [3.8, 4) is 5.75 Å². The Bertz CT molecular complexity index is 932. The van der Waals surface area contributed by atoms with Crippen LogP contribution in [0.5, 0.6) is 5.75 Å². The second kappa shape index (κ2) is 14.6. The van der Waals surface area contributed by atoms with Gasteiger partial charge in [-0.15, -0.1) is 0 Å². The van der Waals surface area contributed by atoms with E-state index >= 15 is 0 Å². The molecule has 1 fully saturated rings. The number of rotatable bonds is 6. The first kappa shape index (κ1) is 28.4. The quantitative estimate of drug-likeness (QED) is 0.451. The topological polar surface area (TPSA) is 129 Å². The minimum Gasteiger partial charge on any atom is -0.493 e. The minimum absolute atomic E-state index is 0.171. The van der Waals surface area contributed by atoms with E-state index < -0.39 is 29.8 Å². The Kier molecular flexibility index (Phi) is 11.2. The van der Waals surface area contributed by atoms with Crippen LogP contribution in [0.3, 0.4) is 0 Å². The molecule has 10 nitrogen and oxygen atoms in total. The molecule has 3 rings (SSSR count). The molecule has 1 aromatic carbocycles. The molecule has 0 spiro atoms. The lowest BCUT2D eigenvalue weighted by molar-refractivity contribution is -0.131. The van der Waals surface area contributed by atoms with Crippen LogP contribution in [0.4, 0.5) is 0 Å². The number of nitrogens with zero attached hydrogens (tertiary/aromatic N) is 1. The summed E-state index contributed by atoms with van der Waals surface area (Å²) in [6.45, 7) is 7.77. The molecule has 0 aliphatic carbocycles. The predicted octanol–water partition coefficient (Wildman–Crippen LogP) is 1.21. The fraction of sp³-hybridized carbons (Fsp3) is 0.630. The summed E-state index contributed by atoms with van der Waals surface area (Å²) in [6, 6.07) is 4.95. The summed E-state index contributed by atoms with van der Waals surface area (Å²) in [4.78, 5) is 54.4. The smallest absolute Gasteiger partial charge is 0.255 e. The van der Waals surface area contributed by atoms with Gasteiger partial charge >= 0.3 is 0 Å². The molecule has 0 saturated carbocycles. The zero-order chi connectivity index (χ0) is 26.6. The van der Waals surface area contributed by atoms with Crippen molar-refractivity contribution in [3.63, 3.8) is 0 Å². The van der Waals surface area contributed by atoms with Crippen LogP contribution >= 0.6 is 0 Å². The molecule has 2 atom stereocenters. The maximum Gasteiger partial charge on any atom is 0.255 e. The normalized spacial score (nSPS) is 22.4. The van der Waals surface area contributed by atoms with Gasteiger partial charge in [0.25, 0.3) is 5.91 Å². The third-order valence-electron chi connectivity index (χ3n) is 6.56. The van der Waals surface area contributed by atoms with Crippen LogP contribution in [-0.2, 0) is 14.4 Å². The largest absolute Gasteiger partial charge is 0.493 e. The average molecular weight is 516 g/mol. The van der Waals surface area contributed by atoms with E-state index in [1.807, 2.05) is 13.8 Å². The standard InChI is InChI=1S/C27H41N5O5/c1-19(2)17-21-26(35)28-11-8-16-37-23-10-5-4-9-20(23)25(34)31-22(18-24(33)30-21)27(36)29-12-15-32-13-6-3-7-14-32/h4-5,9-10,19,21-22H,3,6-8,11-18H2,1-2H3,(H,28,35)(H,29,36)(H,30,33)(H,31,34)/t21-,22+/m1/s1. The Morgan fingerprint density at radius 2 is 1.84 bits per heavy atom. The highest BCUT2D eigenvalue weighted by Gasteiger charge is 2.28. The Morgan fingerprint density at radius 1 is 1.08 bits per heavy atom. The van der Waals surface area contributed by atoms with Gasteiger partial charge in [0.15, 0.2) is 0 Å². The maximum absolute atomic E-state index is 13.2. The summed E-state index contributed by atoms with van der Waals surface area (Å²) in [5.41, 5.74) is 0.283. The average Bonchev–Trinajstić information content (AvgIpc) is 2.87. The predicted molar refractivity (Wildman–Crippen MR) is 140 cm³/mol. The van der Waals surface area contributed by atoms with Crippen LogP contribution in [0.2, 0.25) is 0 Å². The van der Waals surface area contributed by atoms with Gasteiger partial charge in [-0.25, -0.2) is 0 Å². The molecule has 0 radical (unpaired) electrons. The van der Waals surface area contributed by atoms with E-state index in [2.05, 4.69) is 26.2 Å². The highest BCUT2D eigenvalue weighted by atomic mass is 16.5. The molecular weight excluding hydrogens is 474 g/mol. The van der Waals surface area contributed by atoms with Crippen molar-refractivity contribution in [2.75, 3.05) is 39.3 Å². The number of carbonyl (C=O) groups excluding carboxylic acids is 4. The van der Waals surface area contributed by atoms with Crippen molar-refractivity contribution in [1.29, 1.82) is 0 Å². The molecule has 2 aliphatic heterocycles. The summed E-state index contributed by atoms with van der Waals surface area (Å²) in [6.07, 6.45) is 4.24. The summed E-state index contributed by atoms with van der Waals surface area (Å²) in [7, 11) is 0. The van der Waals surface area contributed by atoms with Gasteiger partial charge < -0.3 is 30.9 Å². The molecule has 2 aliphatic rings. The summed E-state index contributed by atoms with van der Waals surface area (Å²) < 4.78 is 5.81. The summed E-state index contributed by atoms with van der Waals surface area (Å²) in [5.74, 6) is -1.13. The number of hydrogen-bond donors (Lipinski definition) is 4. The monoisotopic (exact) mass is 515 g/mol. The van der Waals surface area contributed by atoms with Gasteiger partial charge in [-0.3, -0.25) is 19.2 Å². The molecule has 2 heterocycles. The molecule has 1 aromatic rings. The second-order valence-electron chi connectivity index (χ2n) is 10.2. The van der Waals surface area contributed by atoms with Crippen LogP contribution < -0.4 is 26.0 Å². The number of piperidine rings is 1. The number of hydrogen-bond acceptors (Lipinski definition) is 6. The Hall–Kier alpha value is -3.14. The van der Waals surface area contributed by atoms with E-state index in [0.29, 0.717) is 44.8 Å². The Morgan fingerprint density at radius 3 is 2.59 bits per heavy atom. The van der Waals surface area contributed by atoms with Gasteiger partial charge in [0.05, 0.1) is 18.6 Å².